The smallest absolute Gasteiger partial charge is 0.208 e. The molecule has 0 saturated carbocycles. The molecule has 0 amide bonds. The lowest BCUT2D eigenvalue weighted by Gasteiger charge is -1.78. The second kappa shape index (κ2) is 3.60. The average molecular weight is 133 g/mol. The van der Waals surface area contributed by atoms with E-state index in [2.05, 4.69) is 35.0 Å². The molecule has 0 saturated heterocycles. The minimum atomic E-state index is 0.0535. The zero-order valence-corrected chi connectivity index (χ0v) is 4.79. The van der Waals surface area contributed by atoms with Gasteiger partial charge in [-0.3, -0.25) is 0 Å². The van der Waals surface area contributed by atoms with Gasteiger partial charge in [-0.1, -0.05) is 0 Å². The molecule has 0 rings (SSSR count). The molecule has 0 bridgehead atoms. The van der Waals surface area contributed by atoms with Crippen molar-refractivity contribution in [3.8, 4) is 0 Å². The fourth-order valence-electron chi connectivity index (χ4n) is 0.0632. The highest BCUT2D eigenvalue weighted by molar-refractivity contribution is 8.11. The standard InChI is InChI=1S/CHN4S2/c2-4-5-3-1(6)7/h(H,3,6). The van der Waals surface area contributed by atoms with E-state index in [1.807, 2.05) is 5.43 Å². The molecule has 0 aromatic rings. The van der Waals surface area contributed by atoms with Crippen molar-refractivity contribution in [2.45, 2.75) is 0 Å². The summed E-state index contributed by atoms with van der Waals surface area (Å²) in [5.41, 5.74) is 9.65. The van der Waals surface area contributed by atoms with Crippen LogP contribution in [0.15, 0.2) is 5.22 Å². The number of thiocarbonyl (C=S) groups is 1. The summed E-state index contributed by atoms with van der Waals surface area (Å²) in [5.74, 6) is 0. The Morgan fingerprint density at radius 2 is 2.43 bits per heavy atom. The predicted octanol–water partition coefficient (Wildman–Crippen LogP) is 1.28. The molecule has 0 aliphatic carbocycles. The summed E-state index contributed by atoms with van der Waals surface area (Å²) in [6.07, 6.45) is 0. The lowest BCUT2D eigenvalue weighted by Crippen LogP contribution is -2.04. The number of hydrogen-bond donors (Lipinski definition) is 1. The van der Waals surface area contributed by atoms with E-state index in [0.29, 0.717) is 0 Å². The van der Waals surface area contributed by atoms with Gasteiger partial charge in [-0.2, -0.15) is 4.91 Å². The molecule has 4 nitrogen and oxygen atoms in total. The number of azide groups is 1. The Kier molecular flexibility index (Phi) is 3.31. The molecule has 37 valence electrons. The van der Waals surface area contributed by atoms with E-state index >= 15 is 0 Å². The Balaban J connectivity index is 3.32. The van der Waals surface area contributed by atoms with Gasteiger partial charge in [-0.15, -0.1) is 5.53 Å². The molecule has 6 heteroatoms. The quantitative estimate of drug-likeness (QED) is 0.192. The predicted molar refractivity (Wildman–Crippen MR) is 32.5 cm³/mol. The van der Waals surface area contributed by atoms with Crippen LogP contribution in [0.25, 0.3) is 10.4 Å². The van der Waals surface area contributed by atoms with Crippen molar-refractivity contribution >= 4 is 29.2 Å². The first kappa shape index (κ1) is 6.42. The van der Waals surface area contributed by atoms with Crippen LogP contribution in [-0.2, 0) is 0 Å². The maximum absolute atomic E-state index is 7.61. The maximum atomic E-state index is 7.61. The Morgan fingerprint density at radius 1 is 1.86 bits per heavy atom. The normalized spacial score (nSPS) is 6.29. The summed E-state index contributed by atoms with van der Waals surface area (Å²) < 4.78 is 0.0535. The third-order valence-electron chi connectivity index (χ3n) is 0.186. The first-order valence-electron chi connectivity index (χ1n) is 1.28. The van der Waals surface area contributed by atoms with Gasteiger partial charge in [-0.05, 0) is 30.1 Å². The molecule has 0 aliphatic rings. The van der Waals surface area contributed by atoms with Gasteiger partial charge in [-0.25, -0.2) is 5.43 Å². The minimum absolute atomic E-state index is 0.0535. The number of hydrogen-bond acceptors (Lipinski definition) is 2. The first-order valence-corrected chi connectivity index (χ1v) is 2.10. The third kappa shape index (κ3) is 5.42. The highest BCUT2D eigenvalue weighted by Crippen LogP contribution is 1.74. The second-order valence-corrected chi connectivity index (χ2v) is 1.66. The van der Waals surface area contributed by atoms with E-state index < -0.39 is 0 Å². The Labute approximate surface area is 50.9 Å². The highest BCUT2D eigenvalue weighted by Gasteiger charge is 1.81. The summed E-state index contributed by atoms with van der Waals surface area (Å²) in [4.78, 5) is 2.34. The Hall–Kier alpha value is -0.580. The second-order valence-electron chi connectivity index (χ2n) is 0.589. The fourth-order valence-corrected chi connectivity index (χ4v) is 0.145. The van der Waals surface area contributed by atoms with Gasteiger partial charge in [0.25, 0.3) is 4.32 Å². The monoisotopic (exact) mass is 133 g/mol. The van der Waals surface area contributed by atoms with Crippen LogP contribution in [0, 0.1) is 0 Å². The molecule has 0 aromatic heterocycles. The molecule has 0 atom stereocenters. The highest BCUT2D eigenvalue weighted by atomic mass is 32.1. The number of nitrogens with one attached hydrogen (secondary N) is 1. The molecule has 0 unspecified atom stereocenters. The first-order chi connectivity index (χ1) is 3.27. The van der Waals surface area contributed by atoms with Crippen molar-refractivity contribution in [1.82, 2.24) is 5.43 Å². The van der Waals surface area contributed by atoms with Crippen molar-refractivity contribution in [3.63, 3.8) is 0 Å². The average Bonchev–Trinajstić information content (AvgIpc) is 1.61. The molecule has 1 radical (unpaired) electrons. The van der Waals surface area contributed by atoms with Gasteiger partial charge >= 0.3 is 0 Å². The number of rotatable bonds is 1. The lowest BCUT2D eigenvalue weighted by atomic mass is 11.5. The maximum Gasteiger partial charge on any atom is 0.259 e. The van der Waals surface area contributed by atoms with Crippen molar-refractivity contribution in [3.05, 3.63) is 10.4 Å². The van der Waals surface area contributed by atoms with Gasteiger partial charge in [0.15, 0.2) is 0 Å². The summed E-state index contributed by atoms with van der Waals surface area (Å²) in [5, 5.41) is 2.86. The minimum Gasteiger partial charge on any atom is -0.208 e. The Bertz CT molecular complexity index is 113. The largest absolute Gasteiger partial charge is 0.259 e. The molecule has 0 aromatic carbocycles. The van der Waals surface area contributed by atoms with Crippen LogP contribution in [0.2, 0.25) is 0 Å². The van der Waals surface area contributed by atoms with Crippen molar-refractivity contribution in [1.29, 1.82) is 0 Å². The van der Waals surface area contributed by atoms with E-state index in [9.17, 15) is 0 Å². The van der Waals surface area contributed by atoms with E-state index in [4.69, 9.17) is 5.53 Å². The third-order valence-corrected chi connectivity index (χ3v) is 0.369. The van der Waals surface area contributed by atoms with Crippen LogP contribution in [0.1, 0.15) is 0 Å². The lowest BCUT2D eigenvalue weighted by molar-refractivity contribution is 1.04. The van der Waals surface area contributed by atoms with E-state index in [0.717, 1.165) is 0 Å². The fraction of sp³-hybridized carbons (Fsp3) is 0. The van der Waals surface area contributed by atoms with Crippen LogP contribution in [0.5, 0.6) is 0 Å². The van der Waals surface area contributed by atoms with Gasteiger partial charge < -0.3 is 0 Å². The summed E-state index contributed by atoms with van der Waals surface area (Å²) in [6.45, 7) is 0. The SMILES string of the molecule is [N-]=[N+]=NNC([S])=S. The molecule has 0 heterocycles. The summed E-state index contributed by atoms with van der Waals surface area (Å²) in [6, 6.07) is 0. The van der Waals surface area contributed by atoms with Gasteiger partial charge in [0.1, 0.15) is 0 Å². The van der Waals surface area contributed by atoms with Gasteiger partial charge in [0.05, 0.1) is 0 Å². The molecular formula is CHN4S2. The van der Waals surface area contributed by atoms with Crippen molar-refractivity contribution in [2.24, 2.45) is 5.22 Å². The van der Waals surface area contributed by atoms with E-state index in [1.165, 1.54) is 0 Å². The van der Waals surface area contributed by atoms with Crippen LogP contribution in [0.3, 0.4) is 0 Å². The van der Waals surface area contributed by atoms with Crippen LogP contribution >= 0.6 is 24.8 Å². The summed E-state index contributed by atoms with van der Waals surface area (Å²) in [7, 11) is 0. The molecule has 7 heavy (non-hydrogen) atoms. The van der Waals surface area contributed by atoms with E-state index in [-0.39, 0.29) is 4.32 Å². The van der Waals surface area contributed by atoms with Crippen molar-refractivity contribution < 1.29 is 0 Å². The van der Waals surface area contributed by atoms with Crippen molar-refractivity contribution in [2.75, 3.05) is 0 Å². The van der Waals surface area contributed by atoms with Crippen LogP contribution < -0.4 is 5.43 Å². The summed E-state index contributed by atoms with van der Waals surface area (Å²) >= 11 is 8.60. The Morgan fingerprint density at radius 3 is 2.57 bits per heavy atom. The molecule has 0 fully saturated rings. The number of nitrogens with zero attached hydrogens (tertiary/aromatic N) is 3. The molecule has 0 spiro atoms. The van der Waals surface area contributed by atoms with E-state index in [1.54, 1.807) is 0 Å². The zero-order chi connectivity index (χ0) is 5.70. The van der Waals surface area contributed by atoms with Crippen LogP contribution in [-0.4, -0.2) is 4.32 Å². The van der Waals surface area contributed by atoms with Gasteiger partial charge in [0, 0.05) is 0 Å². The van der Waals surface area contributed by atoms with Crippen LogP contribution in [0.4, 0.5) is 0 Å². The zero-order valence-electron chi connectivity index (χ0n) is 3.16. The topological polar surface area (TPSA) is 60.8 Å². The molecular weight excluding hydrogens is 132 g/mol. The molecule has 0 aliphatic heterocycles. The molecule has 1 N–H and O–H groups in total. The van der Waals surface area contributed by atoms with Gasteiger partial charge in [0.2, 0.25) is 0 Å².